The lowest BCUT2D eigenvalue weighted by molar-refractivity contribution is 0.138. The molecule has 1 N–H and O–H groups in total. The molecule has 0 aliphatic carbocycles. The number of hydrogen-bond donors (Lipinski definition) is 1. The lowest BCUT2D eigenvalue weighted by Gasteiger charge is -2.13. The van der Waals surface area contributed by atoms with Gasteiger partial charge in [0.15, 0.2) is 0 Å². The standard InChI is InChI=1S/C18H25NO2/c1-4-6-12-20-13-11-19-14(3)18-15(5-2)16-9-7-8-10-17(16)21-18/h4,7-10,14,19H,1,5-6,11-13H2,2-3H3. The molecule has 114 valence electrons. The van der Waals surface area contributed by atoms with Gasteiger partial charge in [-0.3, -0.25) is 0 Å². The normalized spacial score (nSPS) is 12.7. The summed E-state index contributed by atoms with van der Waals surface area (Å²) in [6, 6.07) is 8.43. The zero-order chi connectivity index (χ0) is 15.1. The van der Waals surface area contributed by atoms with Crippen LogP contribution >= 0.6 is 0 Å². The Morgan fingerprint density at radius 3 is 2.90 bits per heavy atom. The second-order valence-corrected chi connectivity index (χ2v) is 5.16. The van der Waals surface area contributed by atoms with Crippen LogP contribution in [0.4, 0.5) is 0 Å². The van der Waals surface area contributed by atoms with Crippen LogP contribution < -0.4 is 5.32 Å². The van der Waals surface area contributed by atoms with Crippen LogP contribution in [0.25, 0.3) is 11.0 Å². The summed E-state index contributed by atoms with van der Waals surface area (Å²) in [7, 11) is 0. The van der Waals surface area contributed by atoms with Gasteiger partial charge in [0.1, 0.15) is 11.3 Å². The van der Waals surface area contributed by atoms with E-state index in [1.54, 1.807) is 0 Å². The molecule has 1 aromatic carbocycles. The van der Waals surface area contributed by atoms with Crippen LogP contribution in [0.5, 0.6) is 0 Å². The molecule has 0 spiro atoms. The zero-order valence-corrected chi connectivity index (χ0v) is 13.0. The van der Waals surface area contributed by atoms with Crippen molar-refractivity contribution in [3.8, 4) is 0 Å². The molecule has 0 bridgehead atoms. The van der Waals surface area contributed by atoms with E-state index in [2.05, 4.69) is 37.9 Å². The Kier molecular flexibility index (Phi) is 6.03. The fraction of sp³-hybridized carbons (Fsp3) is 0.444. The van der Waals surface area contributed by atoms with Crippen molar-refractivity contribution in [2.45, 2.75) is 32.7 Å². The molecule has 0 aliphatic rings. The molecule has 1 atom stereocenters. The number of hydrogen-bond acceptors (Lipinski definition) is 3. The molecule has 0 aliphatic heterocycles. The van der Waals surface area contributed by atoms with Crippen LogP contribution in [-0.4, -0.2) is 19.8 Å². The first kappa shape index (κ1) is 15.8. The predicted molar refractivity (Wildman–Crippen MR) is 87.6 cm³/mol. The van der Waals surface area contributed by atoms with Crippen LogP contribution in [0.2, 0.25) is 0 Å². The molecule has 3 nitrogen and oxygen atoms in total. The van der Waals surface area contributed by atoms with Crippen molar-refractivity contribution in [2.75, 3.05) is 19.8 Å². The average molecular weight is 287 g/mol. The minimum Gasteiger partial charge on any atom is -0.459 e. The van der Waals surface area contributed by atoms with Crippen molar-refractivity contribution >= 4 is 11.0 Å². The van der Waals surface area contributed by atoms with E-state index in [-0.39, 0.29) is 6.04 Å². The Bertz CT molecular complexity index is 574. The van der Waals surface area contributed by atoms with E-state index in [4.69, 9.17) is 9.15 Å². The van der Waals surface area contributed by atoms with Crippen molar-refractivity contribution < 1.29 is 9.15 Å². The van der Waals surface area contributed by atoms with Crippen LogP contribution in [0, 0.1) is 0 Å². The number of furan rings is 1. The lowest BCUT2D eigenvalue weighted by atomic mass is 10.1. The molecule has 21 heavy (non-hydrogen) atoms. The minimum absolute atomic E-state index is 0.190. The van der Waals surface area contributed by atoms with E-state index >= 15 is 0 Å². The third kappa shape index (κ3) is 3.96. The Hall–Kier alpha value is -1.58. The van der Waals surface area contributed by atoms with Gasteiger partial charge in [-0.25, -0.2) is 0 Å². The first-order chi connectivity index (χ1) is 10.3. The summed E-state index contributed by atoms with van der Waals surface area (Å²) in [4.78, 5) is 0. The molecular formula is C18H25NO2. The van der Waals surface area contributed by atoms with Gasteiger partial charge in [0.05, 0.1) is 19.3 Å². The van der Waals surface area contributed by atoms with Crippen LogP contribution in [0.3, 0.4) is 0 Å². The Balaban J connectivity index is 1.95. The second kappa shape index (κ2) is 8.01. The zero-order valence-electron chi connectivity index (χ0n) is 13.0. The van der Waals surface area contributed by atoms with Crippen LogP contribution in [0.15, 0.2) is 41.3 Å². The van der Waals surface area contributed by atoms with Gasteiger partial charge in [-0.05, 0) is 25.8 Å². The van der Waals surface area contributed by atoms with Crippen molar-refractivity contribution in [3.05, 3.63) is 48.2 Å². The largest absolute Gasteiger partial charge is 0.459 e. The van der Waals surface area contributed by atoms with Crippen LogP contribution in [0.1, 0.15) is 37.6 Å². The fourth-order valence-electron chi connectivity index (χ4n) is 2.54. The number of para-hydroxylation sites is 1. The SMILES string of the molecule is C=CCCOCCNC(C)c1oc2ccccc2c1CC. The third-order valence-electron chi connectivity index (χ3n) is 3.64. The van der Waals surface area contributed by atoms with E-state index in [1.165, 1.54) is 10.9 Å². The summed E-state index contributed by atoms with van der Waals surface area (Å²) < 4.78 is 11.5. The Labute approximate surface area is 127 Å². The van der Waals surface area contributed by atoms with E-state index in [0.29, 0.717) is 6.61 Å². The van der Waals surface area contributed by atoms with Crippen LogP contribution in [-0.2, 0) is 11.2 Å². The smallest absolute Gasteiger partial charge is 0.134 e. The summed E-state index contributed by atoms with van der Waals surface area (Å²) in [5.74, 6) is 1.05. The summed E-state index contributed by atoms with van der Waals surface area (Å²) in [6.45, 7) is 10.3. The molecular weight excluding hydrogens is 262 g/mol. The summed E-state index contributed by atoms with van der Waals surface area (Å²) in [5.41, 5.74) is 2.28. The van der Waals surface area contributed by atoms with Gasteiger partial charge < -0.3 is 14.5 Å². The molecule has 0 amide bonds. The van der Waals surface area contributed by atoms with Gasteiger partial charge in [0.25, 0.3) is 0 Å². The average Bonchev–Trinajstić information content (AvgIpc) is 2.89. The summed E-state index contributed by atoms with van der Waals surface area (Å²) in [5, 5.41) is 4.69. The van der Waals surface area contributed by atoms with E-state index in [0.717, 1.165) is 37.3 Å². The quantitative estimate of drug-likeness (QED) is 0.553. The number of aryl methyl sites for hydroxylation is 1. The fourth-order valence-corrected chi connectivity index (χ4v) is 2.54. The van der Waals surface area contributed by atoms with Gasteiger partial charge in [0.2, 0.25) is 0 Å². The molecule has 3 heteroatoms. The maximum absolute atomic E-state index is 6.03. The highest BCUT2D eigenvalue weighted by molar-refractivity contribution is 5.82. The molecule has 2 aromatic rings. The highest BCUT2D eigenvalue weighted by Gasteiger charge is 2.17. The maximum Gasteiger partial charge on any atom is 0.134 e. The third-order valence-corrected chi connectivity index (χ3v) is 3.64. The van der Waals surface area contributed by atoms with Crippen molar-refractivity contribution in [3.63, 3.8) is 0 Å². The number of benzene rings is 1. The van der Waals surface area contributed by atoms with E-state index in [1.807, 2.05) is 18.2 Å². The molecule has 0 saturated heterocycles. The van der Waals surface area contributed by atoms with Gasteiger partial charge in [-0.2, -0.15) is 0 Å². The van der Waals surface area contributed by atoms with Crippen molar-refractivity contribution in [1.29, 1.82) is 0 Å². The molecule has 0 saturated carbocycles. The van der Waals surface area contributed by atoms with E-state index in [9.17, 15) is 0 Å². The van der Waals surface area contributed by atoms with E-state index < -0.39 is 0 Å². The number of fused-ring (bicyclic) bond motifs is 1. The highest BCUT2D eigenvalue weighted by Crippen LogP contribution is 2.30. The first-order valence-electron chi connectivity index (χ1n) is 7.70. The topological polar surface area (TPSA) is 34.4 Å². The summed E-state index contributed by atoms with van der Waals surface area (Å²) >= 11 is 0. The Morgan fingerprint density at radius 2 is 2.14 bits per heavy atom. The molecule has 2 rings (SSSR count). The lowest BCUT2D eigenvalue weighted by Crippen LogP contribution is -2.23. The van der Waals surface area contributed by atoms with Crippen molar-refractivity contribution in [2.24, 2.45) is 0 Å². The Morgan fingerprint density at radius 1 is 1.33 bits per heavy atom. The van der Waals surface area contributed by atoms with Gasteiger partial charge in [-0.15, -0.1) is 6.58 Å². The first-order valence-corrected chi connectivity index (χ1v) is 7.70. The van der Waals surface area contributed by atoms with Gasteiger partial charge in [0, 0.05) is 17.5 Å². The summed E-state index contributed by atoms with van der Waals surface area (Å²) in [6.07, 6.45) is 3.76. The molecule has 1 aromatic heterocycles. The minimum atomic E-state index is 0.190. The monoisotopic (exact) mass is 287 g/mol. The number of nitrogens with one attached hydrogen (secondary N) is 1. The van der Waals surface area contributed by atoms with Gasteiger partial charge >= 0.3 is 0 Å². The predicted octanol–water partition coefficient (Wildman–Crippen LogP) is 4.24. The molecule has 0 fully saturated rings. The molecule has 0 radical (unpaired) electrons. The number of ether oxygens (including phenoxy) is 1. The number of rotatable bonds is 9. The van der Waals surface area contributed by atoms with Crippen molar-refractivity contribution in [1.82, 2.24) is 5.32 Å². The second-order valence-electron chi connectivity index (χ2n) is 5.16. The van der Waals surface area contributed by atoms with Gasteiger partial charge in [-0.1, -0.05) is 31.2 Å². The maximum atomic E-state index is 6.03. The molecule has 1 heterocycles. The molecule has 1 unspecified atom stereocenters. The highest BCUT2D eigenvalue weighted by atomic mass is 16.5.